The smallest absolute Gasteiger partial charge is 0.493 e. The predicted octanol–water partition coefficient (Wildman–Crippen LogP) is 8.36. The zero-order chi connectivity index (χ0) is 52.5. The Kier molecular flexibility index (Phi) is 15.9. The normalized spacial score (nSPS) is 18.2. The molecular weight excluding hydrogens is 998 g/mol. The van der Waals surface area contributed by atoms with Gasteiger partial charge in [-0.05, 0) is 42.3 Å². The molecule has 4 aliphatic heterocycles. The summed E-state index contributed by atoms with van der Waals surface area (Å²) in [5.41, 5.74) is -2.38. The second kappa shape index (κ2) is 21.3. The average molecular weight is 1060 g/mol. The molecule has 72 heavy (non-hydrogen) atoms. The van der Waals surface area contributed by atoms with Crippen LogP contribution in [0.2, 0.25) is 51.4 Å². The van der Waals surface area contributed by atoms with Gasteiger partial charge in [-0.15, -0.1) is 0 Å². The van der Waals surface area contributed by atoms with Crippen LogP contribution in [0.15, 0.2) is 66.7 Å². The molecular formula is C49H61F3N4O13SSi2. The van der Waals surface area contributed by atoms with Crippen LogP contribution >= 0.6 is 0 Å². The lowest BCUT2D eigenvalue weighted by atomic mass is 10.0. The summed E-state index contributed by atoms with van der Waals surface area (Å²) in [5.74, 6) is -2.33. The first-order valence-electron chi connectivity index (χ1n) is 23.4. The highest BCUT2D eigenvalue weighted by Gasteiger charge is 2.51. The number of methoxy groups -OCH3 is 2. The molecule has 0 spiro atoms. The van der Waals surface area contributed by atoms with E-state index in [4.69, 9.17) is 28.4 Å². The van der Waals surface area contributed by atoms with E-state index in [1.807, 2.05) is 31.2 Å². The van der Waals surface area contributed by atoms with E-state index in [1.165, 1.54) is 36.2 Å². The minimum Gasteiger partial charge on any atom is -0.493 e. The van der Waals surface area contributed by atoms with Crippen LogP contribution in [0.3, 0.4) is 0 Å². The maximum Gasteiger partial charge on any atom is 0.534 e. The predicted molar refractivity (Wildman–Crippen MR) is 267 cm³/mol. The molecule has 3 aromatic rings. The van der Waals surface area contributed by atoms with Crippen molar-refractivity contribution >= 4 is 66.8 Å². The lowest BCUT2D eigenvalue weighted by molar-refractivity contribution is -0.123. The van der Waals surface area contributed by atoms with E-state index in [-0.39, 0.29) is 91.3 Å². The summed E-state index contributed by atoms with van der Waals surface area (Å²) in [6, 6.07) is 13.2. The average Bonchev–Trinajstić information content (AvgIpc) is 3.91. The second-order valence-corrected chi connectivity index (χ2v) is 33.1. The van der Waals surface area contributed by atoms with Crippen LogP contribution in [0, 0.1) is 6.92 Å². The Morgan fingerprint density at radius 1 is 0.639 bits per heavy atom. The van der Waals surface area contributed by atoms with Gasteiger partial charge in [-0.2, -0.15) is 21.6 Å². The van der Waals surface area contributed by atoms with E-state index in [9.17, 15) is 40.8 Å². The molecule has 17 nitrogen and oxygen atoms in total. The number of amides is 4. The first-order valence-corrected chi connectivity index (χ1v) is 32.3. The van der Waals surface area contributed by atoms with Crippen molar-refractivity contribution in [1.82, 2.24) is 9.80 Å². The van der Waals surface area contributed by atoms with Crippen molar-refractivity contribution in [3.8, 4) is 23.0 Å². The summed E-state index contributed by atoms with van der Waals surface area (Å²) in [6.45, 7) is 15.4. The number of rotatable bonds is 21. The Balaban J connectivity index is 1.11. The van der Waals surface area contributed by atoms with Crippen LogP contribution < -0.4 is 28.7 Å². The van der Waals surface area contributed by atoms with Crippen molar-refractivity contribution in [2.24, 2.45) is 0 Å². The number of nitrogens with zero attached hydrogens (tertiary/aromatic N) is 4. The van der Waals surface area contributed by atoms with Gasteiger partial charge in [-0.3, -0.25) is 33.9 Å². The lowest BCUT2D eigenvalue weighted by Gasteiger charge is -2.27. The highest BCUT2D eigenvalue weighted by atomic mass is 32.2. The summed E-state index contributed by atoms with van der Waals surface area (Å²) >= 11 is 0. The number of carbonyl (C=O) groups is 4. The molecule has 0 fully saturated rings. The van der Waals surface area contributed by atoms with Crippen LogP contribution in [0.5, 0.6) is 23.0 Å². The van der Waals surface area contributed by atoms with E-state index in [2.05, 4.69) is 43.5 Å². The topological polar surface area (TPSA) is 180 Å². The molecule has 0 bridgehead atoms. The monoisotopic (exact) mass is 1060 g/mol. The van der Waals surface area contributed by atoms with E-state index in [0.717, 1.165) is 44.8 Å². The fourth-order valence-corrected chi connectivity index (χ4v) is 10.3. The van der Waals surface area contributed by atoms with Gasteiger partial charge in [0.1, 0.15) is 31.3 Å². The Morgan fingerprint density at radius 2 is 1.10 bits per heavy atom. The van der Waals surface area contributed by atoms with Crippen LogP contribution in [0.1, 0.15) is 51.1 Å². The highest BCUT2D eigenvalue weighted by molar-refractivity contribution is 7.87. The van der Waals surface area contributed by atoms with Gasteiger partial charge in [0.15, 0.2) is 23.0 Å². The highest BCUT2D eigenvalue weighted by Crippen LogP contribution is 2.44. The largest absolute Gasteiger partial charge is 0.534 e. The van der Waals surface area contributed by atoms with Crippen molar-refractivity contribution < 1.29 is 73.4 Å². The first-order chi connectivity index (χ1) is 33.8. The van der Waals surface area contributed by atoms with Crippen molar-refractivity contribution in [3.63, 3.8) is 0 Å². The number of hydrogen-bond acceptors (Lipinski definition) is 13. The number of anilines is 2. The third-order valence-electron chi connectivity index (χ3n) is 12.4. The molecule has 0 saturated carbocycles. The van der Waals surface area contributed by atoms with Gasteiger partial charge in [-0.1, -0.05) is 69.1 Å². The molecule has 4 aliphatic rings. The van der Waals surface area contributed by atoms with Crippen molar-refractivity contribution in [2.75, 3.05) is 63.9 Å². The maximum atomic E-state index is 14.5. The number of benzene rings is 3. The summed E-state index contributed by atoms with van der Waals surface area (Å²) in [7, 11) is -6.39. The Morgan fingerprint density at radius 3 is 1.54 bits per heavy atom. The lowest BCUT2D eigenvalue weighted by Crippen LogP contribution is -2.45. The van der Waals surface area contributed by atoms with Gasteiger partial charge in [0.25, 0.3) is 23.6 Å². The number of hydrogen-bond donors (Lipinski definition) is 0. The quantitative estimate of drug-likeness (QED) is 0.0430. The van der Waals surface area contributed by atoms with Gasteiger partial charge >= 0.3 is 15.6 Å². The van der Waals surface area contributed by atoms with Gasteiger partial charge in [0, 0.05) is 73.2 Å². The zero-order valence-electron chi connectivity index (χ0n) is 41.8. The molecule has 0 aromatic heterocycles. The van der Waals surface area contributed by atoms with E-state index >= 15 is 0 Å². The summed E-state index contributed by atoms with van der Waals surface area (Å²) in [6.07, 6.45) is 2.44. The minimum atomic E-state index is -6.09. The minimum absolute atomic E-state index is 0.0171. The molecule has 3 aromatic carbocycles. The molecule has 390 valence electrons. The fourth-order valence-electron chi connectivity index (χ4n) is 8.29. The van der Waals surface area contributed by atoms with Crippen LogP contribution in [-0.2, 0) is 33.4 Å². The molecule has 4 heterocycles. The first kappa shape index (κ1) is 53.9. The summed E-state index contributed by atoms with van der Waals surface area (Å²) < 4.78 is 104. The van der Waals surface area contributed by atoms with Crippen LogP contribution in [-0.4, -0.2) is 130 Å². The van der Waals surface area contributed by atoms with E-state index in [0.29, 0.717) is 18.7 Å². The van der Waals surface area contributed by atoms with E-state index < -0.39 is 67.9 Å². The fraction of sp³-hybridized carbons (Fsp3) is 0.469. The van der Waals surface area contributed by atoms with Gasteiger partial charge in [-0.25, -0.2) is 0 Å². The molecule has 0 aliphatic carbocycles. The Hall–Kier alpha value is -5.89. The Labute approximate surface area is 419 Å². The molecule has 0 radical (unpaired) electrons. The van der Waals surface area contributed by atoms with Crippen molar-refractivity contribution in [3.05, 3.63) is 88.9 Å². The molecule has 0 saturated heterocycles. The second-order valence-electron chi connectivity index (χ2n) is 20.3. The molecule has 2 atom stereocenters. The number of aryl methyl sites for hydroxylation is 1. The third kappa shape index (κ3) is 12.0. The molecule has 4 amide bonds. The van der Waals surface area contributed by atoms with E-state index in [1.54, 1.807) is 18.3 Å². The summed E-state index contributed by atoms with van der Waals surface area (Å²) in [4.78, 5) is 62.3. The number of halogens is 3. The molecule has 0 unspecified atom stereocenters. The van der Waals surface area contributed by atoms with Gasteiger partial charge < -0.3 is 37.5 Å². The van der Waals surface area contributed by atoms with Crippen molar-refractivity contribution in [1.29, 1.82) is 0 Å². The van der Waals surface area contributed by atoms with Crippen molar-refractivity contribution in [2.45, 2.75) is 95.1 Å². The maximum absolute atomic E-state index is 14.5. The third-order valence-corrected chi connectivity index (χ3v) is 16.8. The zero-order valence-corrected chi connectivity index (χ0v) is 44.7. The number of alkyl halides is 3. The van der Waals surface area contributed by atoms with Crippen LogP contribution in [0.4, 0.5) is 24.5 Å². The van der Waals surface area contributed by atoms with Crippen LogP contribution in [0.25, 0.3) is 5.57 Å². The summed E-state index contributed by atoms with van der Waals surface area (Å²) in [5, 5.41) is 0. The Bertz CT molecular complexity index is 2760. The molecule has 23 heteroatoms. The number of fused-ring (bicyclic) bond motifs is 4. The number of ether oxygens (including phenoxy) is 6. The SMILES string of the molecule is COc1cc2c(cc1OCCCOc1cc3c(cc1OC)C(=O)N1C=C(c4ccc(C)cc4)C[C@H]1C(=O)N3COCC[Si](C)(C)C)N(COCC[Si](C)(C)C)C(=O)[C@@H]1CC(OS(=O)(=O)C(F)(F)F)=CN1C2=O. The molecule has 7 rings (SSSR count). The standard InChI is InChI=1S/C49H61F3N4O13SSi2/c1-31-11-13-32(14-12-31)33-21-39-47(59)55(29-65-17-19-71(4,5)6)37-25-43(41(63-2)23-35(37)45(57)53(39)27-33)67-15-10-16-68-44-26-38-36(24-42(44)64-3)46(58)54-28-34(69-70(61,62)49(50,51)52)22-40(54)48(60)56(38)30-66-18-20-72(7,8)9/h11-14,23-28,39-40H,10,15-22,29-30H2,1-9H3/t39-,40-/m0/s1. The van der Waals surface area contributed by atoms with Gasteiger partial charge in [0.2, 0.25) is 0 Å². The number of carbonyl (C=O) groups excluding carboxylic acids is 4. The molecule has 0 N–H and O–H groups in total. The van der Waals surface area contributed by atoms with Gasteiger partial charge in [0.05, 0.1) is 49.9 Å².